The smallest absolute Gasteiger partial charge is 0.249 e. The van der Waals surface area contributed by atoms with E-state index in [1.165, 1.54) is 12.1 Å². The maximum atomic E-state index is 13.9. The van der Waals surface area contributed by atoms with E-state index in [0.717, 1.165) is 32.5 Å². The molecule has 0 aliphatic carbocycles. The zero-order valence-corrected chi connectivity index (χ0v) is 17.8. The minimum atomic E-state index is -0.369. The monoisotopic (exact) mass is 423 g/mol. The average molecular weight is 423 g/mol. The second-order valence-electron chi connectivity index (χ2n) is 7.78. The van der Waals surface area contributed by atoms with Gasteiger partial charge in [-0.15, -0.1) is 10.2 Å². The molecule has 0 bridgehead atoms. The fraction of sp³-hybridized carbons (Fsp3) is 0.391. The maximum Gasteiger partial charge on any atom is 0.249 e. The van der Waals surface area contributed by atoms with Crippen molar-refractivity contribution in [3.8, 4) is 11.5 Å². The Hall–Kier alpha value is -3.13. The number of halogens is 1. The van der Waals surface area contributed by atoms with Crippen molar-refractivity contribution in [2.45, 2.75) is 33.2 Å². The van der Waals surface area contributed by atoms with Gasteiger partial charge < -0.3 is 14.2 Å². The van der Waals surface area contributed by atoms with Crippen LogP contribution in [0, 0.1) is 18.7 Å². The first-order valence-corrected chi connectivity index (χ1v) is 10.6. The first-order valence-electron chi connectivity index (χ1n) is 10.6. The number of nitrogens with zero attached hydrogens (tertiary/aromatic N) is 5. The van der Waals surface area contributed by atoms with Gasteiger partial charge in [0.05, 0.1) is 17.8 Å². The van der Waals surface area contributed by atoms with Crippen molar-refractivity contribution in [1.29, 1.82) is 0 Å². The van der Waals surface area contributed by atoms with E-state index in [0.29, 0.717) is 28.7 Å². The summed E-state index contributed by atoms with van der Waals surface area (Å²) in [7, 11) is 0. The number of carbonyl (C=O) groups is 1. The van der Waals surface area contributed by atoms with Crippen LogP contribution in [0.3, 0.4) is 0 Å². The molecule has 31 heavy (non-hydrogen) atoms. The molecule has 0 N–H and O–H groups in total. The van der Waals surface area contributed by atoms with Crippen LogP contribution in [0.4, 0.5) is 10.1 Å². The quantitative estimate of drug-likeness (QED) is 0.600. The predicted octanol–water partition coefficient (Wildman–Crippen LogP) is 3.84. The fourth-order valence-corrected chi connectivity index (χ4v) is 3.88. The zero-order chi connectivity index (χ0) is 21.8. The highest BCUT2D eigenvalue weighted by atomic mass is 19.1. The third-order valence-electron chi connectivity index (χ3n) is 5.69. The van der Waals surface area contributed by atoms with Crippen molar-refractivity contribution in [3.63, 3.8) is 0 Å². The SMILES string of the molecule is CCN1CCC(C(=O)N(Cc2ccc(-c3nnc(C)o3)cn2)c2cccc(F)c2)CC1. The number of aromatic nitrogens is 3. The van der Waals surface area contributed by atoms with E-state index in [9.17, 15) is 9.18 Å². The van der Waals surface area contributed by atoms with Gasteiger partial charge in [0.2, 0.25) is 17.7 Å². The topological polar surface area (TPSA) is 75.4 Å². The van der Waals surface area contributed by atoms with Crippen molar-refractivity contribution in [1.82, 2.24) is 20.1 Å². The minimum absolute atomic E-state index is 0.0137. The summed E-state index contributed by atoms with van der Waals surface area (Å²) in [5.41, 5.74) is 1.95. The lowest BCUT2D eigenvalue weighted by Crippen LogP contribution is -2.42. The first kappa shape index (κ1) is 21.1. The summed E-state index contributed by atoms with van der Waals surface area (Å²) in [5, 5.41) is 7.83. The Morgan fingerprint density at radius 3 is 2.65 bits per heavy atom. The summed E-state index contributed by atoms with van der Waals surface area (Å²) in [6.45, 7) is 6.92. The molecule has 8 heteroatoms. The highest BCUT2D eigenvalue weighted by molar-refractivity contribution is 5.95. The molecule has 0 atom stereocenters. The van der Waals surface area contributed by atoms with E-state index in [1.807, 2.05) is 12.1 Å². The Bertz CT molecular complexity index is 1030. The van der Waals surface area contributed by atoms with Gasteiger partial charge in [0.15, 0.2) is 0 Å². The van der Waals surface area contributed by atoms with Crippen LogP contribution in [0.15, 0.2) is 47.0 Å². The molecule has 1 aliphatic heterocycles. The number of piperidine rings is 1. The van der Waals surface area contributed by atoms with Gasteiger partial charge in [0, 0.05) is 24.7 Å². The minimum Gasteiger partial charge on any atom is -0.421 e. The van der Waals surface area contributed by atoms with Crippen LogP contribution in [0.5, 0.6) is 0 Å². The number of carbonyl (C=O) groups excluding carboxylic acids is 1. The largest absolute Gasteiger partial charge is 0.421 e. The molecular formula is C23H26FN5O2. The lowest BCUT2D eigenvalue weighted by atomic mass is 9.95. The lowest BCUT2D eigenvalue weighted by Gasteiger charge is -2.33. The van der Waals surface area contributed by atoms with Gasteiger partial charge in [0.25, 0.3) is 0 Å². The average Bonchev–Trinajstić information content (AvgIpc) is 3.24. The third kappa shape index (κ3) is 4.96. The predicted molar refractivity (Wildman–Crippen MR) is 115 cm³/mol. The number of anilines is 1. The number of amides is 1. The lowest BCUT2D eigenvalue weighted by molar-refractivity contribution is -0.123. The molecule has 0 spiro atoms. The molecule has 1 amide bonds. The summed E-state index contributed by atoms with van der Waals surface area (Å²) >= 11 is 0. The van der Waals surface area contributed by atoms with Crippen LogP contribution in [-0.2, 0) is 11.3 Å². The summed E-state index contributed by atoms with van der Waals surface area (Å²) < 4.78 is 19.4. The summed E-state index contributed by atoms with van der Waals surface area (Å²) in [6, 6.07) is 9.83. The molecule has 1 saturated heterocycles. The van der Waals surface area contributed by atoms with Crippen LogP contribution in [0.1, 0.15) is 31.4 Å². The van der Waals surface area contributed by atoms with Gasteiger partial charge in [-0.25, -0.2) is 4.39 Å². The second kappa shape index (κ2) is 9.34. The number of pyridine rings is 1. The van der Waals surface area contributed by atoms with Gasteiger partial charge in [-0.05, 0) is 62.8 Å². The normalized spacial score (nSPS) is 15.2. The third-order valence-corrected chi connectivity index (χ3v) is 5.69. The Balaban J connectivity index is 1.55. The number of likely N-dealkylation sites (tertiary alicyclic amines) is 1. The Labute approximate surface area is 180 Å². The van der Waals surface area contributed by atoms with Gasteiger partial charge in [-0.1, -0.05) is 13.0 Å². The standard InChI is InChI=1S/C23H26FN5O2/c1-3-28-11-9-17(10-12-28)23(30)29(21-6-4-5-19(24)13-21)15-20-8-7-18(14-25-20)22-27-26-16(2)31-22/h4-8,13-14,17H,3,9-12,15H2,1-2H3. The van der Waals surface area contributed by atoms with Gasteiger partial charge in [-0.2, -0.15) is 0 Å². The van der Waals surface area contributed by atoms with Crippen LogP contribution >= 0.6 is 0 Å². The molecule has 0 saturated carbocycles. The fourth-order valence-electron chi connectivity index (χ4n) is 3.88. The molecule has 1 aromatic carbocycles. The summed E-state index contributed by atoms with van der Waals surface area (Å²) in [5.74, 6) is 0.450. The summed E-state index contributed by atoms with van der Waals surface area (Å²) in [6.07, 6.45) is 3.26. The van der Waals surface area contributed by atoms with Crippen LogP contribution in [0.2, 0.25) is 0 Å². The highest BCUT2D eigenvalue weighted by Gasteiger charge is 2.29. The highest BCUT2D eigenvalue weighted by Crippen LogP contribution is 2.26. The number of hydrogen-bond acceptors (Lipinski definition) is 6. The summed E-state index contributed by atoms with van der Waals surface area (Å²) in [4.78, 5) is 21.9. The number of aryl methyl sites for hydroxylation is 1. The van der Waals surface area contributed by atoms with Gasteiger partial charge >= 0.3 is 0 Å². The molecule has 2 aromatic heterocycles. The van der Waals surface area contributed by atoms with Crippen molar-refractivity contribution < 1.29 is 13.6 Å². The Morgan fingerprint density at radius 1 is 1.23 bits per heavy atom. The van der Waals surface area contributed by atoms with E-state index in [4.69, 9.17) is 4.42 Å². The van der Waals surface area contributed by atoms with Crippen molar-refractivity contribution in [3.05, 3.63) is 60.0 Å². The molecule has 4 rings (SSSR count). The second-order valence-corrected chi connectivity index (χ2v) is 7.78. The van der Waals surface area contributed by atoms with Gasteiger partial charge in [-0.3, -0.25) is 9.78 Å². The maximum absolute atomic E-state index is 13.9. The molecule has 3 heterocycles. The number of rotatable bonds is 6. The van der Waals surface area contributed by atoms with Crippen LogP contribution in [0.25, 0.3) is 11.5 Å². The zero-order valence-electron chi connectivity index (χ0n) is 17.8. The number of hydrogen-bond donors (Lipinski definition) is 0. The first-order chi connectivity index (χ1) is 15.0. The van der Waals surface area contributed by atoms with E-state index in [2.05, 4.69) is 27.0 Å². The van der Waals surface area contributed by atoms with Crippen molar-refractivity contribution >= 4 is 11.6 Å². The Kier molecular flexibility index (Phi) is 6.36. The molecule has 0 radical (unpaired) electrons. The van der Waals surface area contributed by atoms with Crippen molar-refractivity contribution in [2.75, 3.05) is 24.5 Å². The molecule has 1 fully saturated rings. The molecule has 3 aromatic rings. The Morgan fingerprint density at radius 2 is 2.03 bits per heavy atom. The van der Waals surface area contributed by atoms with E-state index in [1.54, 1.807) is 30.2 Å². The van der Waals surface area contributed by atoms with E-state index < -0.39 is 0 Å². The molecular weight excluding hydrogens is 397 g/mol. The molecule has 1 aliphatic rings. The molecule has 0 unspecified atom stereocenters. The van der Waals surface area contributed by atoms with E-state index in [-0.39, 0.29) is 24.2 Å². The molecule has 7 nitrogen and oxygen atoms in total. The number of benzene rings is 1. The van der Waals surface area contributed by atoms with Crippen LogP contribution < -0.4 is 4.90 Å². The van der Waals surface area contributed by atoms with Gasteiger partial charge in [0.1, 0.15) is 5.82 Å². The molecule has 162 valence electrons. The van der Waals surface area contributed by atoms with Crippen LogP contribution in [-0.4, -0.2) is 45.6 Å². The van der Waals surface area contributed by atoms with Crippen molar-refractivity contribution in [2.24, 2.45) is 5.92 Å². The van der Waals surface area contributed by atoms with E-state index >= 15 is 0 Å².